The molecule has 1 fully saturated rings. The van der Waals surface area contributed by atoms with E-state index in [1.165, 1.54) is 13.0 Å². The minimum absolute atomic E-state index is 0.243. The van der Waals surface area contributed by atoms with E-state index in [2.05, 4.69) is 6.58 Å². The zero-order chi connectivity index (χ0) is 22.4. The summed E-state index contributed by atoms with van der Waals surface area (Å²) in [6, 6.07) is 0. The Morgan fingerprint density at radius 3 is 2.67 bits per heavy atom. The molecular weight excluding hydrogens is 388 g/mol. The van der Waals surface area contributed by atoms with Crippen LogP contribution in [-0.2, 0) is 33.3 Å². The molecule has 0 saturated carbocycles. The van der Waals surface area contributed by atoms with Crippen molar-refractivity contribution < 1.29 is 33.3 Å². The highest BCUT2D eigenvalue weighted by molar-refractivity contribution is 6.02. The van der Waals surface area contributed by atoms with Gasteiger partial charge in [0.25, 0.3) is 5.60 Å². The van der Waals surface area contributed by atoms with Gasteiger partial charge >= 0.3 is 11.9 Å². The quantitative estimate of drug-likeness (QED) is 0.320. The van der Waals surface area contributed by atoms with Crippen molar-refractivity contribution in [1.82, 2.24) is 0 Å². The Morgan fingerprint density at radius 2 is 2.03 bits per heavy atom. The van der Waals surface area contributed by atoms with Crippen LogP contribution in [-0.4, -0.2) is 41.8 Å². The van der Waals surface area contributed by atoms with E-state index in [1.807, 2.05) is 0 Å². The van der Waals surface area contributed by atoms with Crippen LogP contribution in [0.1, 0.15) is 53.4 Å². The number of carbonyl (C=O) groups is 3. The highest BCUT2D eigenvalue weighted by Gasteiger charge is 2.59. The number of ether oxygens (including phenoxy) is 4. The maximum atomic E-state index is 12.9. The van der Waals surface area contributed by atoms with E-state index >= 15 is 0 Å². The molecule has 0 aromatic heterocycles. The number of rotatable bonds is 9. The van der Waals surface area contributed by atoms with Gasteiger partial charge in [-0.15, -0.1) is 6.58 Å². The molecule has 0 bridgehead atoms. The van der Waals surface area contributed by atoms with E-state index in [9.17, 15) is 14.4 Å². The molecule has 1 aliphatic heterocycles. The van der Waals surface area contributed by atoms with Crippen molar-refractivity contribution in [1.29, 1.82) is 0 Å². The molecule has 1 aliphatic carbocycles. The highest BCUT2D eigenvalue weighted by atomic mass is 16.7. The lowest BCUT2D eigenvalue weighted by Crippen LogP contribution is -2.62. The molecule has 0 radical (unpaired) electrons. The molecule has 2 rings (SSSR count). The lowest BCUT2D eigenvalue weighted by Gasteiger charge is -2.49. The third-order valence-corrected chi connectivity index (χ3v) is 4.74. The van der Waals surface area contributed by atoms with E-state index in [1.54, 1.807) is 45.1 Å². The topological polar surface area (TPSA) is 88.1 Å². The molecule has 30 heavy (non-hydrogen) atoms. The molecule has 1 heterocycles. The highest BCUT2D eigenvalue weighted by Crippen LogP contribution is 2.43. The van der Waals surface area contributed by atoms with Crippen molar-refractivity contribution in [3.63, 3.8) is 0 Å². The minimum Gasteiger partial charge on any atom is -0.463 e. The first kappa shape index (κ1) is 23.6. The van der Waals surface area contributed by atoms with Crippen molar-refractivity contribution in [2.75, 3.05) is 6.61 Å². The zero-order valence-corrected chi connectivity index (χ0v) is 18.1. The summed E-state index contributed by atoms with van der Waals surface area (Å²) in [5.41, 5.74) is -1.13. The maximum Gasteiger partial charge on any atom is 0.333 e. The van der Waals surface area contributed by atoms with E-state index < -0.39 is 29.2 Å². The third-order valence-electron chi connectivity index (χ3n) is 4.74. The van der Waals surface area contributed by atoms with Gasteiger partial charge in [-0.2, -0.15) is 0 Å². The molecule has 0 spiro atoms. The number of hydrogen-bond donors (Lipinski definition) is 0. The molecule has 7 nitrogen and oxygen atoms in total. The molecule has 0 amide bonds. The lowest BCUT2D eigenvalue weighted by molar-refractivity contribution is -0.298. The lowest BCUT2D eigenvalue weighted by atomic mass is 9.82. The number of ketones is 1. The van der Waals surface area contributed by atoms with Crippen molar-refractivity contribution >= 4 is 17.7 Å². The number of esters is 2. The fourth-order valence-electron chi connectivity index (χ4n) is 3.57. The first-order chi connectivity index (χ1) is 14.2. The van der Waals surface area contributed by atoms with Gasteiger partial charge < -0.3 is 18.9 Å². The van der Waals surface area contributed by atoms with Gasteiger partial charge in [0.15, 0.2) is 5.76 Å². The second-order valence-corrected chi connectivity index (χ2v) is 7.55. The normalized spacial score (nSPS) is 24.9. The van der Waals surface area contributed by atoms with E-state index in [0.717, 1.165) is 0 Å². The van der Waals surface area contributed by atoms with Gasteiger partial charge in [0.2, 0.25) is 11.6 Å². The van der Waals surface area contributed by atoms with Crippen LogP contribution >= 0.6 is 0 Å². The van der Waals surface area contributed by atoms with Crippen LogP contribution in [0.15, 0.2) is 48.3 Å². The summed E-state index contributed by atoms with van der Waals surface area (Å²) in [6.45, 7) is 10.4. The van der Waals surface area contributed by atoms with Gasteiger partial charge in [-0.05, 0) is 44.8 Å². The first-order valence-corrected chi connectivity index (χ1v) is 10.1. The summed E-state index contributed by atoms with van der Waals surface area (Å²) in [4.78, 5) is 36.9. The zero-order valence-electron chi connectivity index (χ0n) is 18.1. The van der Waals surface area contributed by atoms with Crippen molar-refractivity contribution in [2.45, 2.75) is 70.9 Å². The molecule has 7 heteroatoms. The molecule has 2 aliphatic rings. The summed E-state index contributed by atoms with van der Waals surface area (Å²) in [5, 5.41) is 0. The number of hydrogen-bond acceptors (Lipinski definition) is 7. The Hall–Kier alpha value is -2.67. The second kappa shape index (κ2) is 9.89. The van der Waals surface area contributed by atoms with Crippen molar-refractivity contribution in [3.8, 4) is 0 Å². The molecule has 0 aromatic rings. The number of allylic oxidation sites excluding steroid dienone is 4. The predicted octanol–water partition coefficient (Wildman–Crippen LogP) is 3.70. The van der Waals surface area contributed by atoms with E-state index in [-0.39, 0.29) is 18.3 Å². The summed E-state index contributed by atoms with van der Waals surface area (Å²) in [7, 11) is 0. The minimum atomic E-state index is -1.67. The number of fused-ring (bicyclic) bond motifs is 1. The molecule has 0 unspecified atom stereocenters. The number of carbonyl (C=O) groups excluding carboxylic acids is 3. The maximum absolute atomic E-state index is 12.9. The summed E-state index contributed by atoms with van der Waals surface area (Å²) >= 11 is 0. The van der Waals surface area contributed by atoms with Crippen LogP contribution in [0.4, 0.5) is 0 Å². The Balaban J connectivity index is 2.31. The third kappa shape index (κ3) is 5.27. The van der Waals surface area contributed by atoms with Gasteiger partial charge in [0.1, 0.15) is 6.10 Å². The SMILES string of the molecule is C=CCC/C(=C\CC[C@H]1OC(C)(C)OC2=CC=CC(=O)[C@]21OC(C)=O)C(=O)OCC. The first-order valence-electron chi connectivity index (χ1n) is 10.1. The fraction of sp³-hybridized carbons (Fsp3) is 0.522. The Bertz CT molecular complexity index is 787. The average molecular weight is 418 g/mol. The van der Waals surface area contributed by atoms with Crippen LogP contribution < -0.4 is 0 Å². The second-order valence-electron chi connectivity index (χ2n) is 7.55. The monoisotopic (exact) mass is 418 g/mol. The average Bonchev–Trinajstić information content (AvgIpc) is 2.65. The standard InChI is InChI=1S/C23H30O7/c1-6-8-11-17(21(26)27-7-2)12-9-14-19-23(28-16(3)24)18(25)13-10-15-20(23)30-22(4,5)29-19/h6,10,12-13,15,19H,1,7-9,11,14H2,2-5H3/b17-12+/t19-,23-/m1/s1. The van der Waals surface area contributed by atoms with Gasteiger partial charge in [-0.1, -0.05) is 18.2 Å². The Labute approximate surface area is 177 Å². The molecular formula is C23H30O7. The van der Waals surface area contributed by atoms with Gasteiger partial charge in [0.05, 0.1) is 6.61 Å². The predicted molar refractivity (Wildman–Crippen MR) is 110 cm³/mol. The van der Waals surface area contributed by atoms with Gasteiger partial charge in [-0.25, -0.2) is 4.79 Å². The Morgan fingerprint density at radius 1 is 1.30 bits per heavy atom. The van der Waals surface area contributed by atoms with Crippen LogP contribution in [0.2, 0.25) is 0 Å². The summed E-state index contributed by atoms with van der Waals surface area (Å²) in [5.74, 6) is -2.18. The molecule has 164 valence electrons. The molecule has 0 N–H and O–H groups in total. The van der Waals surface area contributed by atoms with Crippen molar-refractivity contribution in [2.24, 2.45) is 0 Å². The fourth-order valence-corrected chi connectivity index (χ4v) is 3.57. The van der Waals surface area contributed by atoms with E-state index in [0.29, 0.717) is 31.3 Å². The van der Waals surface area contributed by atoms with Crippen LogP contribution in [0.3, 0.4) is 0 Å². The molecule has 0 aromatic carbocycles. The molecule has 1 saturated heterocycles. The smallest absolute Gasteiger partial charge is 0.333 e. The van der Waals surface area contributed by atoms with Gasteiger partial charge in [-0.3, -0.25) is 9.59 Å². The van der Waals surface area contributed by atoms with Crippen molar-refractivity contribution in [3.05, 3.63) is 48.3 Å². The summed E-state index contributed by atoms with van der Waals surface area (Å²) in [6.07, 6.45) is 9.13. The largest absolute Gasteiger partial charge is 0.463 e. The van der Waals surface area contributed by atoms with Crippen LogP contribution in [0, 0.1) is 0 Å². The summed E-state index contributed by atoms with van der Waals surface area (Å²) < 4.78 is 22.5. The van der Waals surface area contributed by atoms with Gasteiger partial charge in [0, 0.05) is 26.3 Å². The molecule has 2 atom stereocenters. The Kier molecular flexibility index (Phi) is 7.78. The van der Waals surface area contributed by atoms with E-state index in [4.69, 9.17) is 18.9 Å². The van der Waals surface area contributed by atoms with Crippen LogP contribution in [0.5, 0.6) is 0 Å². The van der Waals surface area contributed by atoms with Crippen LogP contribution in [0.25, 0.3) is 0 Å².